The maximum absolute atomic E-state index is 12.1. The van der Waals surface area contributed by atoms with Crippen LogP contribution in [0.2, 0.25) is 0 Å². The Morgan fingerprint density at radius 3 is 2.95 bits per heavy atom. The van der Waals surface area contributed by atoms with Crippen molar-refractivity contribution in [2.45, 2.75) is 32.9 Å². The summed E-state index contributed by atoms with van der Waals surface area (Å²) in [6.07, 6.45) is 0.886. The van der Waals surface area contributed by atoms with Crippen molar-refractivity contribution in [1.82, 2.24) is 5.32 Å². The van der Waals surface area contributed by atoms with Crippen LogP contribution in [0.5, 0.6) is 0 Å². The maximum atomic E-state index is 12.1. The summed E-state index contributed by atoms with van der Waals surface area (Å²) in [5, 5.41) is 3.28. The standard InChI is InChI=1S/C14H22N2O3S/c1-11(2)19-8-9-20(17,18)16-14-5-3-4-12-10-15-7-6-13(12)14/h3-5,11,15-16H,6-10H2,1-2H3. The summed E-state index contributed by atoms with van der Waals surface area (Å²) < 4.78 is 32.1. The molecule has 0 bridgehead atoms. The number of rotatable bonds is 6. The molecule has 5 nitrogen and oxygen atoms in total. The van der Waals surface area contributed by atoms with Crippen LogP contribution in [0.4, 0.5) is 5.69 Å². The van der Waals surface area contributed by atoms with E-state index >= 15 is 0 Å². The first-order chi connectivity index (χ1) is 9.48. The first kappa shape index (κ1) is 15.3. The Balaban J connectivity index is 2.05. The highest BCUT2D eigenvalue weighted by molar-refractivity contribution is 7.92. The van der Waals surface area contributed by atoms with Crippen LogP contribution in [0.15, 0.2) is 18.2 Å². The predicted octanol–water partition coefficient (Wildman–Crippen LogP) is 1.50. The molecule has 1 aromatic carbocycles. The van der Waals surface area contributed by atoms with Gasteiger partial charge in [0.25, 0.3) is 0 Å². The fraction of sp³-hybridized carbons (Fsp3) is 0.571. The van der Waals surface area contributed by atoms with Gasteiger partial charge < -0.3 is 10.1 Å². The second-order valence-corrected chi connectivity index (χ2v) is 7.05. The molecule has 1 heterocycles. The van der Waals surface area contributed by atoms with Gasteiger partial charge in [-0.1, -0.05) is 12.1 Å². The number of benzene rings is 1. The van der Waals surface area contributed by atoms with Crippen molar-refractivity contribution in [3.05, 3.63) is 29.3 Å². The number of hydrogen-bond donors (Lipinski definition) is 2. The highest BCUT2D eigenvalue weighted by atomic mass is 32.2. The Labute approximate surface area is 120 Å². The van der Waals surface area contributed by atoms with Crippen LogP contribution in [0.3, 0.4) is 0 Å². The lowest BCUT2D eigenvalue weighted by Crippen LogP contribution is -2.26. The third kappa shape index (κ3) is 4.19. The van der Waals surface area contributed by atoms with Crippen LogP contribution in [0, 0.1) is 0 Å². The van der Waals surface area contributed by atoms with Crippen molar-refractivity contribution in [2.24, 2.45) is 0 Å². The topological polar surface area (TPSA) is 67.4 Å². The zero-order chi connectivity index (χ0) is 14.6. The van der Waals surface area contributed by atoms with E-state index in [1.807, 2.05) is 32.0 Å². The van der Waals surface area contributed by atoms with E-state index < -0.39 is 10.0 Å². The molecule has 0 spiro atoms. The molecule has 0 amide bonds. The molecule has 0 aliphatic carbocycles. The smallest absolute Gasteiger partial charge is 0.235 e. The van der Waals surface area contributed by atoms with Gasteiger partial charge in [-0.2, -0.15) is 0 Å². The van der Waals surface area contributed by atoms with E-state index in [1.165, 1.54) is 0 Å². The summed E-state index contributed by atoms with van der Waals surface area (Å²) in [5.41, 5.74) is 2.96. The van der Waals surface area contributed by atoms with E-state index in [1.54, 1.807) is 0 Å². The Bertz CT molecular complexity index is 556. The zero-order valence-corrected chi connectivity index (χ0v) is 12.8. The number of nitrogens with one attached hydrogen (secondary N) is 2. The normalized spacial score (nSPS) is 15.2. The molecule has 0 aromatic heterocycles. The van der Waals surface area contributed by atoms with Crippen molar-refractivity contribution < 1.29 is 13.2 Å². The van der Waals surface area contributed by atoms with Crippen LogP contribution in [-0.4, -0.2) is 33.4 Å². The van der Waals surface area contributed by atoms with Crippen LogP contribution in [-0.2, 0) is 27.7 Å². The maximum Gasteiger partial charge on any atom is 0.235 e. The molecule has 0 saturated carbocycles. The second kappa shape index (κ2) is 6.56. The molecule has 0 atom stereocenters. The molecule has 1 aliphatic rings. The molecule has 1 aromatic rings. The molecule has 1 aliphatic heterocycles. The summed E-state index contributed by atoms with van der Waals surface area (Å²) in [6, 6.07) is 5.74. The molecule has 20 heavy (non-hydrogen) atoms. The van der Waals surface area contributed by atoms with Gasteiger partial charge >= 0.3 is 0 Å². The van der Waals surface area contributed by atoms with Crippen molar-refractivity contribution in [3.8, 4) is 0 Å². The third-order valence-electron chi connectivity index (χ3n) is 3.21. The lowest BCUT2D eigenvalue weighted by atomic mass is 9.99. The van der Waals surface area contributed by atoms with Gasteiger partial charge in [0.2, 0.25) is 10.0 Å². The third-order valence-corrected chi connectivity index (χ3v) is 4.44. The average Bonchev–Trinajstić information content (AvgIpc) is 2.38. The van der Waals surface area contributed by atoms with E-state index in [4.69, 9.17) is 4.74 Å². The Morgan fingerprint density at radius 1 is 1.40 bits per heavy atom. The minimum Gasteiger partial charge on any atom is -0.378 e. The van der Waals surface area contributed by atoms with Crippen molar-refractivity contribution >= 4 is 15.7 Å². The van der Waals surface area contributed by atoms with E-state index in [9.17, 15) is 8.42 Å². The Kier molecular flexibility index (Phi) is 5.01. The molecule has 0 fully saturated rings. The van der Waals surface area contributed by atoms with Gasteiger partial charge in [-0.05, 0) is 44.0 Å². The SMILES string of the molecule is CC(C)OCCS(=O)(=O)Nc1cccc2c1CCNC2. The second-order valence-electron chi connectivity index (χ2n) is 5.21. The summed E-state index contributed by atoms with van der Waals surface area (Å²) in [6.45, 7) is 5.66. The molecular formula is C14H22N2O3S. The fourth-order valence-corrected chi connectivity index (χ4v) is 3.18. The van der Waals surface area contributed by atoms with Gasteiger partial charge in [-0.25, -0.2) is 8.42 Å². The van der Waals surface area contributed by atoms with Gasteiger partial charge in [-0.15, -0.1) is 0 Å². The number of sulfonamides is 1. The molecule has 6 heteroatoms. The average molecular weight is 298 g/mol. The number of hydrogen-bond acceptors (Lipinski definition) is 4. The summed E-state index contributed by atoms with van der Waals surface area (Å²) in [7, 11) is -3.36. The van der Waals surface area contributed by atoms with E-state index in [0.717, 1.165) is 30.6 Å². The molecule has 0 unspecified atom stereocenters. The first-order valence-electron chi connectivity index (χ1n) is 6.91. The predicted molar refractivity (Wildman–Crippen MR) is 80.4 cm³/mol. The summed E-state index contributed by atoms with van der Waals surface area (Å²) >= 11 is 0. The van der Waals surface area contributed by atoms with E-state index in [2.05, 4.69) is 10.0 Å². The lowest BCUT2D eigenvalue weighted by molar-refractivity contribution is 0.0913. The van der Waals surface area contributed by atoms with Gasteiger partial charge in [0.1, 0.15) is 0 Å². The summed E-state index contributed by atoms with van der Waals surface area (Å²) in [5.74, 6) is -0.0207. The van der Waals surface area contributed by atoms with Crippen LogP contribution in [0.1, 0.15) is 25.0 Å². The molecular weight excluding hydrogens is 276 g/mol. The monoisotopic (exact) mass is 298 g/mol. The largest absolute Gasteiger partial charge is 0.378 e. The van der Waals surface area contributed by atoms with Crippen LogP contribution < -0.4 is 10.0 Å². The molecule has 0 saturated heterocycles. The molecule has 2 N–H and O–H groups in total. The minimum absolute atomic E-state index is 0.0207. The minimum atomic E-state index is -3.36. The Morgan fingerprint density at radius 2 is 2.20 bits per heavy atom. The van der Waals surface area contributed by atoms with Gasteiger partial charge in [-0.3, -0.25) is 4.72 Å². The summed E-state index contributed by atoms with van der Waals surface area (Å²) in [4.78, 5) is 0. The van der Waals surface area contributed by atoms with Crippen molar-refractivity contribution in [1.29, 1.82) is 0 Å². The van der Waals surface area contributed by atoms with Crippen LogP contribution >= 0.6 is 0 Å². The fourth-order valence-electron chi connectivity index (χ4n) is 2.24. The zero-order valence-electron chi connectivity index (χ0n) is 12.0. The highest BCUT2D eigenvalue weighted by Crippen LogP contribution is 2.24. The van der Waals surface area contributed by atoms with E-state index in [0.29, 0.717) is 5.69 Å². The Hall–Kier alpha value is -1.11. The molecule has 112 valence electrons. The van der Waals surface area contributed by atoms with E-state index in [-0.39, 0.29) is 18.5 Å². The van der Waals surface area contributed by atoms with Gasteiger partial charge in [0.05, 0.1) is 24.2 Å². The number of ether oxygens (including phenoxy) is 1. The van der Waals surface area contributed by atoms with Gasteiger partial charge in [0.15, 0.2) is 0 Å². The van der Waals surface area contributed by atoms with Crippen LogP contribution in [0.25, 0.3) is 0 Å². The van der Waals surface area contributed by atoms with Gasteiger partial charge in [0, 0.05) is 6.54 Å². The number of fused-ring (bicyclic) bond motifs is 1. The first-order valence-corrected chi connectivity index (χ1v) is 8.57. The lowest BCUT2D eigenvalue weighted by Gasteiger charge is -2.21. The molecule has 2 rings (SSSR count). The number of anilines is 1. The quantitative estimate of drug-likeness (QED) is 0.835. The molecule has 0 radical (unpaired) electrons. The van der Waals surface area contributed by atoms with Crippen molar-refractivity contribution in [2.75, 3.05) is 23.6 Å². The van der Waals surface area contributed by atoms with Crippen molar-refractivity contribution in [3.63, 3.8) is 0 Å². The highest BCUT2D eigenvalue weighted by Gasteiger charge is 2.17.